The Morgan fingerprint density at radius 3 is 3.00 bits per heavy atom. The number of aliphatic hydroxyl groups excluding tert-OH is 1. The first-order chi connectivity index (χ1) is 10.1. The van der Waals surface area contributed by atoms with Gasteiger partial charge in [0.2, 0.25) is 10.0 Å². The van der Waals surface area contributed by atoms with Gasteiger partial charge in [-0.3, -0.25) is 0 Å². The van der Waals surface area contributed by atoms with Crippen molar-refractivity contribution in [3.8, 4) is 0 Å². The molecule has 3 aromatic rings. The third-order valence-corrected chi connectivity index (χ3v) is 4.50. The zero-order valence-electron chi connectivity index (χ0n) is 10.9. The first-order valence-electron chi connectivity index (χ1n) is 6.21. The summed E-state index contributed by atoms with van der Waals surface area (Å²) in [5.74, 6) is 0.304. The summed E-state index contributed by atoms with van der Waals surface area (Å²) in [5, 5.41) is 10.3. The summed E-state index contributed by atoms with van der Waals surface area (Å²) in [6.45, 7) is -0.178. The molecular formula is C13H13N3O4S. The molecule has 0 saturated heterocycles. The molecule has 1 unspecified atom stereocenters. The molecular weight excluding hydrogens is 294 g/mol. The van der Waals surface area contributed by atoms with E-state index >= 15 is 0 Å². The molecule has 0 spiro atoms. The molecule has 3 rings (SSSR count). The smallest absolute Gasteiger partial charge is 0.242 e. The molecule has 110 valence electrons. The molecule has 3 heterocycles. The van der Waals surface area contributed by atoms with E-state index < -0.39 is 16.1 Å². The van der Waals surface area contributed by atoms with Crippen LogP contribution in [0.4, 0.5) is 0 Å². The maximum Gasteiger partial charge on any atom is 0.242 e. The van der Waals surface area contributed by atoms with Crippen LogP contribution in [0.1, 0.15) is 11.9 Å². The van der Waals surface area contributed by atoms with Crippen LogP contribution in [0.5, 0.6) is 0 Å². The topological polar surface area (TPSA) is 108 Å². The summed E-state index contributed by atoms with van der Waals surface area (Å²) in [6.07, 6.45) is 3.32. The van der Waals surface area contributed by atoms with E-state index in [0.717, 1.165) is 0 Å². The summed E-state index contributed by atoms with van der Waals surface area (Å²) in [5.41, 5.74) is 0.490. The number of rotatable bonds is 5. The van der Waals surface area contributed by atoms with Gasteiger partial charge in [-0.05, 0) is 24.3 Å². The lowest BCUT2D eigenvalue weighted by Gasteiger charge is -2.09. The van der Waals surface area contributed by atoms with Crippen molar-refractivity contribution in [2.24, 2.45) is 0 Å². The van der Waals surface area contributed by atoms with Crippen LogP contribution in [0.3, 0.4) is 0 Å². The van der Waals surface area contributed by atoms with Gasteiger partial charge in [-0.2, -0.15) is 0 Å². The van der Waals surface area contributed by atoms with Gasteiger partial charge < -0.3 is 14.5 Å². The molecule has 0 aliphatic rings. The molecule has 7 nitrogen and oxygen atoms in total. The van der Waals surface area contributed by atoms with E-state index in [0.29, 0.717) is 16.8 Å². The van der Waals surface area contributed by atoms with Crippen molar-refractivity contribution in [3.63, 3.8) is 0 Å². The first-order valence-corrected chi connectivity index (χ1v) is 7.69. The van der Waals surface area contributed by atoms with Gasteiger partial charge >= 0.3 is 0 Å². The SMILES string of the molecule is O=S(=O)(NCC(O)c1ccco1)c1c[nH]c2ncccc12. The quantitative estimate of drug-likeness (QED) is 0.655. The Morgan fingerprint density at radius 1 is 1.38 bits per heavy atom. The second kappa shape index (κ2) is 5.32. The summed E-state index contributed by atoms with van der Waals surface area (Å²) < 4.78 is 31.9. The van der Waals surface area contributed by atoms with Crippen LogP contribution in [-0.4, -0.2) is 30.0 Å². The Bertz CT molecular complexity index is 839. The van der Waals surface area contributed by atoms with Crippen LogP contribution in [0.15, 0.2) is 52.2 Å². The van der Waals surface area contributed by atoms with Crippen molar-refractivity contribution < 1.29 is 17.9 Å². The highest BCUT2D eigenvalue weighted by Gasteiger charge is 2.21. The van der Waals surface area contributed by atoms with Crippen molar-refractivity contribution in [3.05, 3.63) is 48.7 Å². The molecule has 0 fully saturated rings. The number of aliphatic hydroxyl groups is 1. The zero-order chi connectivity index (χ0) is 14.9. The second-order valence-corrected chi connectivity index (χ2v) is 6.17. The number of fused-ring (bicyclic) bond motifs is 1. The number of H-pyrrole nitrogens is 1. The Hall–Kier alpha value is -2.16. The average Bonchev–Trinajstić information content (AvgIpc) is 3.14. The lowest BCUT2D eigenvalue weighted by atomic mass is 10.3. The van der Waals surface area contributed by atoms with Gasteiger partial charge in [0.15, 0.2) is 0 Å². The van der Waals surface area contributed by atoms with Crippen molar-refractivity contribution in [1.29, 1.82) is 0 Å². The molecule has 21 heavy (non-hydrogen) atoms. The van der Waals surface area contributed by atoms with Gasteiger partial charge in [-0.25, -0.2) is 18.1 Å². The summed E-state index contributed by atoms with van der Waals surface area (Å²) in [4.78, 5) is 6.93. The molecule has 0 aliphatic heterocycles. The Labute approximate surface area is 120 Å². The van der Waals surface area contributed by atoms with Crippen molar-refractivity contribution in [1.82, 2.24) is 14.7 Å². The standard InChI is InChI=1S/C13H13N3O4S/c17-10(11-4-2-6-20-11)7-16-21(18,19)12-8-15-13-9(12)3-1-5-14-13/h1-6,8,10,16-17H,7H2,(H,14,15). The second-order valence-electron chi connectivity index (χ2n) is 4.44. The fraction of sp³-hybridized carbons (Fsp3) is 0.154. The van der Waals surface area contributed by atoms with Gasteiger partial charge in [0.1, 0.15) is 22.4 Å². The predicted molar refractivity (Wildman–Crippen MR) is 75.0 cm³/mol. The molecule has 1 atom stereocenters. The van der Waals surface area contributed by atoms with Crippen LogP contribution >= 0.6 is 0 Å². The fourth-order valence-corrected chi connectivity index (χ4v) is 3.20. The largest absolute Gasteiger partial charge is 0.467 e. The lowest BCUT2D eigenvalue weighted by Crippen LogP contribution is -2.28. The number of nitrogens with zero attached hydrogens (tertiary/aromatic N) is 1. The average molecular weight is 307 g/mol. The van der Waals surface area contributed by atoms with E-state index in [1.54, 1.807) is 30.5 Å². The minimum Gasteiger partial charge on any atom is -0.467 e. The number of aromatic amines is 1. The van der Waals surface area contributed by atoms with Crippen LogP contribution in [-0.2, 0) is 10.0 Å². The zero-order valence-corrected chi connectivity index (χ0v) is 11.7. The number of aromatic nitrogens is 2. The van der Waals surface area contributed by atoms with E-state index in [9.17, 15) is 13.5 Å². The van der Waals surface area contributed by atoms with Crippen molar-refractivity contribution in [2.45, 2.75) is 11.0 Å². The summed E-state index contributed by atoms with van der Waals surface area (Å²) in [7, 11) is -3.75. The Morgan fingerprint density at radius 2 is 2.24 bits per heavy atom. The molecule has 0 saturated carbocycles. The van der Waals surface area contributed by atoms with E-state index in [2.05, 4.69) is 14.7 Å². The third-order valence-electron chi connectivity index (χ3n) is 3.04. The molecule has 0 aromatic carbocycles. The monoisotopic (exact) mass is 307 g/mol. The van der Waals surface area contributed by atoms with Crippen molar-refractivity contribution in [2.75, 3.05) is 6.54 Å². The summed E-state index contributed by atoms with van der Waals surface area (Å²) >= 11 is 0. The highest BCUT2D eigenvalue weighted by Crippen LogP contribution is 2.21. The minimum absolute atomic E-state index is 0.0947. The van der Waals surface area contributed by atoms with Crippen LogP contribution in [0.25, 0.3) is 11.0 Å². The predicted octanol–water partition coefficient (Wildman–Crippen LogP) is 1.17. The van der Waals surface area contributed by atoms with Crippen LogP contribution in [0.2, 0.25) is 0 Å². The highest BCUT2D eigenvalue weighted by atomic mass is 32.2. The van der Waals surface area contributed by atoms with Gasteiger partial charge in [0.05, 0.1) is 6.26 Å². The van der Waals surface area contributed by atoms with Gasteiger partial charge in [0.25, 0.3) is 0 Å². The first kappa shape index (κ1) is 13.8. The number of sulfonamides is 1. The number of furan rings is 1. The number of nitrogens with one attached hydrogen (secondary N) is 2. The third kappa shape index (κ3) is 2.68. The van der Waals surface area contributed by atoms with Crippen LogP contribution < -0.4 is 4.72 Å². The lowest BCUT2D eigenvalue weighted by molar-refractivity contribution is 0.154. The van der Waals surface area contributed by atoms with Gasteiger partial charge in [-0.1, -0.05) is 0 Å². The van der Waals surface area contributed by atoms with E-state index in [4.69, 9.17) is 4.42 Å². The number of pyridine rings is 1. The maximum absolute atomic E-state index is 12.3. The Kier molecular flexibility index (Phi) is 3.50. The van der Waals surface area contributed by atoms with E-state index in [1.807, 2.05) is 0 Å². The summed E-state index contributed by atoms with van der Waals surface area (Å²) in [6, 6.07) is 6.52. The molecule has 0 amide bonds. The fourth-order valence-electron chi connectivity index (χ4n) is 2.00. The Balaban J connectivity index is 1.81. The molecule has 3 N–H and O–H groups in total. The normalized spacial score (nSPS) is 13.6. The molecule has 0 aliphatic carbocycles. The molecule has 0 bridgehead atoms. The van der Waals surface area contributed by atoms with Gasteiger partial charge in [-0.15, -0.1) is 0 Å². The number of hydrogen-bond donors (Lipinski definition) is 3. The minimum atomic E-state index is -3.75. The highest BCUT2D eigenvalue weighted by molar-refractivity contribution is 7.89. The molecule has 8 heteroatoms. The molecule has 0 radical (unpaired) electrons. The van der Waals surface area contributed by atoms with E-state index in [-0.39, 0.29) is 11.4 Å². The number of hydrogen-bond acceptors (Lipinski definition) is 5. The van der Waals surface area contributed by atoms with Crippen LogP contribution in [0, 0.1) is 0 Å². The van der Waals surface area contributed by atoms with E-state index in [1.165, 1.54) is 12.5 Å². The molecule has 3 aromatic heterocycles. The van der Waals surface area contributed by atoms with Gasteiger partial charge in [0, 0.05) is 24.3 Å². The maximum atomic E-state index is 12.3. The van der Waals surface area contributed by atoms with Crippen molar-refractivity contribution >= 4 is 21.1 Å².